The van der Waals surface area contributed by atoms with E-state index in [9.17, 15) is 27.9 Å². The van der Waals surface area contributed by atoms with Gasteiger partial charge in [0.05, 0.1) is 4.90 Å². The van der Waals surface area contributed by atoms with Gasteiger partial charge in [0, 0.05) is 48.6 Å². The number of pyridine rings is 1. The van der Waals surface area contributed by atoms with E-state index in [2.05, 4.69) is 15.0 Å². The van der Waals surface area contributed by atoms with Crippen LogP contribution in [0.2, 0.25) is 0 Å². The molecule has 0 aliphatic carbocycles. The molecule has 10 nitrogen and oxygen atoms in total. The minimum absolute atomic E-state index is 0.0912. The van der Waals surface area contributed by atoms with Gasteiger partial charge in [-0.2, -0.15) is 4.72 Å². The van der Waals surface area contributed by atoms with Gasteiger partial charge in [-0.15, -0.1) is 0 Å². The van der Waals surface area contributed by atoms with E-state index in [1.807, 2.05) is 25.1 Å². The first-order chi connectivity index (χ1) is 17.7. The summed E-state index contributed by atoms with van der Waals surface area (Å²) in [7, 11) is -4.11. The number of carboxylic acid groups (broad SMARTS) is 1. The number of carbonyl (C=O) groups excluding carboxylic acids is 2. The van der Waals surface area contributed by atoms with Gasteiger partial charge >= 0.3 is 5.97 Å². The highest BCUT2D eigenvalue weighted by atomic mass is 32.2. The Morgan fingerprint density at radius 2 is 1.81 bits per heavy atom. The first kappa shape index (κ1) is 26.0. The van der Waals surface area contributed by atoms with Crippen LogP contribution in [-0.4, -0.2) is 59.8 Å². The van der Waals surface area contributed by atoms with Crippen molar-refractivity contribution < 1.29 is 27.9 Å². The zero-order chi connectivity index (χ0) is 26.6. The number of nitrogens with one attached hydrogen (secondary N) is 2. The number of hydrogen-bond acceptors (Lipinski definition) is 6. The first-order valence-electron chi connectivity index (χ1n) is 11.6. The van der Waals surface area contributed by atoms with E-state index < -0.39 is 34.5 Å². The number of carbonyl (C=O) groups is 3. The zero-order valence-electron chi connectivity index (χ0n) is 20.0. The van der Waals surface area contributed by atoms with Gasteiger partial charge in [0.1, 0.15) is 6.04 Å². The molecule has 0 saturated heterocycles. The Morgan fingerprint density at radius 3 is 2.49 bits per heavy atom. The molecule has 0 bridgehead atoms. The fourth-order valence-electron chi connectivity index (χ4n) is 4.08. The molecule has 192 valence electrons. The molecule has 0 saturated carbocycles. The topological polar surface area (TPSA) is 146 Å². The SMILES string of the molecule is C[C@H](Cc1ccccn1)N1Cc2ccc(C(=O)NC[C@H](NS(=O)(=O)c3ccccc3)C(=O)O)cc2C1=O. The number of nitrogens with zero attached hydrogens (tertiary/aromatic N) is 2. The van der Waals surface area contributed by atoms with Crippen molar-refractivity contribution in [2.24, 2.45) is 0 Å². The van der Waals surface area contributed by atoms with E-state index in [1.165, 1.54) is 30.3 Å². The molecular weight excluding hydrogens is 496 g/mol. The van der Waals surface area contributed by atoms with Crippen LogP contribution in [0.3, 0.4) is 0 Å². The van der Waals surface area contributed by atoms with Crippen molar-refractivity contribution in [3.63, 3.8) is 0 Å². The predicted octanol–water partition coefficient (Wildman–Crippen LogP) is 1.83. The number of carboxylic acids is 1. The second-order valence-electron chi connectivity index (χ2n) is 8.71. The predicted molar refractivity (Wildman–Crippen MR) is 134 cm³/mol. The fourth-order valence-corrected chi connectivity index (χ4v) is 5.29. The number of benzene rings is 2. The lowest BCUT2D eigenvalue weighted by atomic mass is 10.1. The third kappa shape index (κ3) is 6.01. The van der Waals surface area contributed by atoms with Crippen molar-refractivity contribution in [1.82, 2.24) is 19.9 Å². The number of sulfonamides is 1. The quantitative estimate of drug-likeness (QED) is 0.368. The molecule has 0 fully saturated rings. The second-order valence-corrected chi connectivity index (χ2v) is 10.4. The Kier molecular flexibility index (Phi) is 7.65. The molecule has 1 aromatic heterocycles. The van der Waals surface area contributed by atoms with Crippen molar-refractivity contribution in [2.45, 2.75) is 36.9 Å². The molecule has 4 rings (SSSR count). The number of fused-ring (bicyclic) bond motifs is 1. The molecule has 3 aromatic rings. The van der Waals surface area contributed by atoms with Crippen LogP contribution in [0.25, 0.3) is 0 Å². The summed E-state index contributed by atoms with van der Waals surface area (Å²) in [6.07, 6.45) is 2.29. The summed E-state index contributed by atoms with van der Waals surface area (Å²) in [5, 5.41) is 11.9. The van der Waals surface area contributed by atoms with Gasteiger partial charge < -0.3 is 15.3 Å². The number of hydrogen-bond donors (Lipinski definition) is 3. The normalized spacial score (nSPS) is 14.6. The van der Waals surface area contributed by atoms with Crippen molar-refractivity contribution >= 4 is 27.8 Å². The largest absolute Gasteiger partial charge is 0.480 e. The molecule has 2 atom stereocenters. The summed E-state index contributed by atoms with van der Waals surface area (Å²) in [6.45, 7) is 1.86. The molecule has 0 unspecified atom stereocenters. The van der Waals surface area contributed by atoms with Gasteiger partial charge in [-0.1, -0.05) is 30.3 Å². The zero-order valence-corrected chi connectivity index (χ0v) is 20.8. The van der Waals surface area contributed by atoms with E-state index in [0.29, 0.717) is 18.5 Å². The van der Waals surface area contributed by atoms with Gasteiger partial charge in [0.15, 0.2) is 0 Å². The number of aliphatic carboxylic acids is 1. The van der Waals surface area contributed by atoms with Crippen LogP contribution in [0, 0.1) is 0 Å². The van der Waals surface area contributed by atoms with Crippen molar-refractivity contribution in [1.29, 1.82) is 0 Å². The number of rotatable bonds is 10. The summed E-state index contributed by atoms with van der Waals surface area (Å²) < 4.78 is 27.1. The van der Waals surface area contributed by atoms with Gasteiger partial charge in [0.25, 0.3) is 11.8 Å². The maximum Gasteiger partial charge on any atom is 0.323 e. The van der Waals surface area contributed by atoms with E-state index in [-0.39, 0.29) is 22.4 Å². The number of aromatic nitrogens is 1. The molecule has 0 spiro atoms. The van der Waals surface area contributed by atoms with Crippen LogP contribution in [-0.2, 0) is 27.8 Å². The number of amides is 2. The van der Waals surface area contributed by atoms with Crippen LogP contribution in [0.4, 0.5) is 0 Å². The minimum Gasteiger partial charge on any atom is -0.480 e. The fraction of sp³-hybridized carbons (Fsp3) is 0.231. The summed E-state index contributed by atoms with van der Waals surface area (Å²) >= 11 is 0. The summed E-state index contributed by atoms with van der Waals surface area (Å²) in [5.74, 6) is -2.27. The van der Waals surface area contributed by atoms with Crippen molar-refractivity contribution in [2.75, 3.05) is 6.54 Å². The lowest BCUT2D eigenvalue weighted by Crippen LogP contribution is -2.48. The van der Waals surface area contributed by atoms with Gasteiger partial charge in [-0.3, -0.25) is 19.4 Å². The van der Waals surface area contributed by atoms with Gasteiger partial charge in [-0.05, 0) is 48.9 Å². The van der Waals surface area contributed by atoms with Crippen LogP contribution >= 0.6 is 0 Å². The van der Waals surface area contributed by atoms with Crippen LogP contribution in [0.15, 0.2) is 77.8 Å². The first-order valence-corrected chi connectivity index (χ1v) is 13.1. The minimum atomic E-state index is -4.11. The summed E-state index contributed by atoms with van der Waals surface area (Å²) in [5.41, 5.74) is 2.23. The third-order valence-corrected chi connectivity index (χ3v) is 7.57. The summed E-state index contributed by atoms with van der Waals surface area (Å²) in [6, 6.07) is 16.0. The third-order valence-electron chi connectivity index (χ3n) is 6.08. The van der Waals surface area contributed by atoms with Crippen LogP contribution in [0.1, 0.15) is 38.9 Å². The molecule has 2 heterocycles. The second kappa shape index (κ2) is 10.9. The van der Waals surface area contributed by atoms with Gasteiger partial charge in [-0.25, -0.2) is 8.42 Å². The lowest BCUT2D eigenvalue weighted by molar-refractivity contribution is -0.138. The molecule has 3 N–H and O–H groups in total. The molecule has 2 amide bonds. The average Bonchev–Trinajstić information content (AvgIpc) is 3.23. The molecular formula is C26H26N4O6S. The molecule has 1 aliphatic heterocycles. The maximum atomic E-state index is 13.1. The van der Waals surface area contributed by atoms with E-state index in [1.54, 1.807) is 29.3 Å². The Labute approximate surface area is 214 Å². The molecule has 0 radical (unpaired) electrons. The maximum absolute atomic E-state index is 13.1. The highest BCUT2D eigenvalue weighted by Gasteiger charge is 2.32. The lowest BCUT2D eigenvalue weighted by Gasteiger charge is -2.24. The highest BCUT2D eigenvalue weighted by Crippen LogP contribution is 2.26. The van der Waals surface area contributed by atoms with Crippen LogP contribution < -0.4 is 10.0 Å². The van der Waals surface area contributed by atoms with Crippen LogP contribution in [0.5, 0.6) is 0 Å². The van der Waals surface area contributed by atoms with Crippen molar-refractivity contribution in [3.8, 4) is 0 Å². The van der Waals surface area contributed by atoms with Crippen molar-refractivity contribution in [3.05, 3.63) is 95.3 Å². The molecule has 1 aliphatic rings. The van der Waals surface area contributed by atoms with E-state index in [0.717, 1.165) is 11.3 Å². The smallest absolute Gasteiger partial charge is 0.323 e. The van der Waals surface area contributed by atoms with Gasteiger partial charge in [0.2, 0.25) is 10.0 Å². The molecule has 37 heavy (non-hydrogen) atoms. The highest BCUT2D eigenvalue weighted by molar-refractivity contribution is 7.89. The Bertz CT molecular complexity index is 1410. The average molecular weight is 523 g/mol. The monoisotopic (exact) mass is 522 g/mol. The molecule has 11 heteroatoms. The van der Waals surface area contributed by atoms with E-state index in [4.69, 9.17) is 0 Å². The Balaban J connectivity index is 1.41. The summed E-state index contributed by atoms with van der Waals surface area (Å²) in [4.78, 5) is 43.4. The van der Waals surface area contributed by atoms with E-state index >= 15 is 0 Å². The standard InChI is InChI=1S/C26H26N4O6S/c1-17(13-20-7-5-6-12-27-20)30-16-19-11-10-18(14-22(19)25(30)32)24(31)28-15-23(26(33)34)29-37(35,36)21-8-3-2-4-9-21/h2-12,14,17,23,29H,13,15-16H2,1H3,(H,28,31)(H,33,34)/t17-,23+/m1/s1. The Morgan fingerprint density at radius 1 is 1.08 bits per heavy atom. The molecule has 2 aromatic carbocycles. The Hall–Kier alpha value is -4.09.